The second-order valence-corrected chi connectivity index (χ2v) is 8.37. The summed E-state index contributed by atoms with van der Waals surface area (Å²) in [5.41, 5.74) is 2.50. The molecule has 0 spiro atoms. The molecule has 0 aliphatic heterocycles. The molecule has 1 N–H and O–H groups in total. The van der Waals surface area contributed by atoms with Gasteiger partial charge in [0.2, 0.25) is 5.91 Å². The molecule has 146 valence electrons. The van der Waals surface area contributed by atoms with Crippen LogP contribution in [0.15, 0.2) is 52.2 Å². The summed E-state index contributed by atoms with van der Waals surface area (Å²) in [7, 11) is 3.26. The fourth-order valence-corrected chi connectivity index (χ4v) is 4.43. The number of hydrogen-bond donors (Lipinski definition) is 1. The fraction of sp³-hybridized carbons (Fsp3) is 0.200. The molecule has 0 saturated heterocycles. The number of amides is 1. The van der Waals surface area contributed by atoms with E-state index >= 15 is 0 Å². The third kappa shape index (κ3) is 5.89. The van der Waals surface area contributed by atoms with Crippen molar-refractivity contribution in [3.05, 3.63) is 64.1 Å². The van der Waals surface area contributed by atoms with E-state index in [1.807, 2.05) is 23.6 Å². The molecule has 0 saturated carbocycles. The maximum Gasteiger partial charge on any atom is 0.230 e. The molecule has 3 rings (SSSR count). The number of carbonyl (C=O) groups is 1. The number of halogens is 1. The summed E-state index contributed by atoms with van der Waals surface area (Å²) in [6.07, 6.45) is 0.219. The Kier molecular flexibility index (Phi) is 7.19. The fourth-order valence-electron chi connectivity index (χ4n) is 2.47. The third-order valence-corrected chi connectivity index (χ3v) is 6.13. The van der Waals surface area contributed by atoms with Gasteiger partial charge in [0.1, 0.15) is 15.8 Å². The molecule has 3 aromatic rings. The van der Waals surface area contributed by atoms with Gasteiger partial charge in [-0.05, 0) is 35.9 Å². The van der Waals surface area contributed by atoms with Gasteiger partial charge in [-0.1, -0.05) is 29.4 Å². The molecule has 1 heterocycles. The molecular weight excluding hydrogens is 416 g/mol. The largest absolute Gasteiger partial charge is 0.497 e. The van der Waals surface area contributed by atoms with Crippen molar-refractivity contribution in [2.45, 2.75) is 16.5 Å². The zero-order chi connectivity index (χ0) is 19.9. The van der Waals surface area contributed by atoms with Crippen LogP contribution in [0.1, 0.15) is 11.3 Å². The predicted molar refractivity (Wildman–Crippen MR) is 115 cm³/mol. The van der Waals surface area contributed by atoms with E-state index in [1.165, 1.54) is 11.3 Å². The highest BCUT2D eigenvalue weighted by Gasteiger charge is 2.10. The van der Waals surface area contributed by atoms with E-state index < -0.39 is 0 Å². The standard InChI is InChI=1S/C20H19ClN2O3S2/c1-25-17-6-13(7-18(10-17)26-2)11-27-20-23-16(12-28-20)9-19(24)22-15-5-3-4-14(21)8-15/h3-8,10,12H,9,11H2,1-2H3,(H,22,24). The Morgan fingerprint density at radius 3 is 2.61 bits per heavy atom. The smallest absolute Gasteiger partial charge is 0.230 e. The average Bonchev–Trinajstić information content (AvgIpc) is 3.13. The predicted octanol–water partition coefficient (Wildman–Crippen LogP) is 5.29. The molecule has 1 amide bonds. The summed E-state index contributed by atoms with van der Waals surface area (Å²) in [6, 6.07) is 12.9. The molecule has 8 heteroatoms. The van der Waals surface area contributed by atoms with Gasteiger partial charge in [0.05, 0.1) is 26.3 Å². The van der Waals surface area contributed by atoms with Crippen molar-refractivity contribution in [1.29, 1.82) is 0 Å². The molecule has 0 atom stereocenters. The molecule has 1 aromatic heterocycles. The number of nitrogens with zero attached hydrogens (tertiary/aromatic N) is 1. The number of ether oxygens (including phenoxy) is 2. The molecule has 0 bridgehead atoms. The number of carbonyl (C=O) groups excluding carboxylic acids is 1. The van der Waals surface area contributed by atoms with Gasteiger partial charge in [0, 0.05) is 27.9 Å². The second kappa shape index (κ2) is 9.82. The number of aromatic nitrogens is 1. The topological polar surface area (TPSA) is 60.5 Å². The Balaban J connectivity index is 1.56. The van der Waals surface area contributed by atoms with E-state index in [-0.39, 0.29) is 12.3 Å². The van der Waals surface area contributed by atoms with Crippen LogP contribution < -0.4 is 14.8 Å². The van der Waals surface area contributed by atoms with Crippen molar-refractivity contribution < 1.29 is 14.3 Å². The number of rotatable bonds is 8. The monoisotopic (exact) mass is 434 g/mol. The number of thioether (sulfide) groups is 1. The van der Waals surface area contributed by atoms with Crippen molar-refractivity contribution in [1.82, 2.24) is 4.98 Å². The maximum atomic E-state index is 12.2. The number of nitrogens with one attached hydrogen (secondary N) is 1. The van der Waals surface area contributed by atoms with Crippen LogP contribution in [0.25, 0.3) is 0 Å². The lowest BCUT2D eigenvalue weighted by Gasteiger charge is -2.07. The first-order valence-electron chi connectivity index (χ1n) is 8.40. The van der Waals surface area contributed by atoms with Gasteiger partial charge in [-0.3, -0.25) is 4.79 Å². The zero-order valence-electron chi connectivity index (χ0n) is 15.4. The molecule has 28 heavy (non-hydrogen) atoms. The highest BCUT2D eigenvalue weighted by molar-refractivity contribution is 8.00. The summed E-state index contributed by atoms with van der Waals surface area (Å²) in [4.78, 5) is 16.7. The van der Waals surface area contributed by atoms with Gasteiger partial charge in [0.15, 0.2) is 0 Å². The van der Waals surface area contributed by atoms with Crippen molar-refractivity contribution in [3.8, 4) is 11.5 Å². The second-order valence-electron chi connectivity index (χ2n) is 5.85. The van der Waals surface area contributed by atoms with Crippen molar-refractivity contribution >= 4 is 46.3 Å². The van der Waals surface area contributed by atoms with Gasteiger partial charge in [-0.25, -0.2) is 4.98 Å². The summed E-state index contributed by atoms with van der Waals surface area (Å²) in [5.74, 6) is 2.12. The van der Waals surface area contributed by atoms with Crippen LogP contribution in [0.5, 0.6) is 11.5 Å². The van der Waals surface area contributed by atoms with E-state index in [0.29, 0.717) is 10.7 Å². The van der Waals surface area contributed by atoms with Crippen molar-refractivity contribution in [3.63, 3.8) is 0 Å². The minimum absolute atomic E-state index is 0.123. The summed E-state index contributed by atoms with van der Waals surface area (Å²) in [6.45, 7) is 0. The van der Waals surface area contributed by atoms with Crippen LogP contribution in [0.4, 0.5) is 5.69 Å². The molecule has 2 aromatic carbocycles. The van der Waals surface area contributed by atoms with Crippen LogP contribution in [0, 0.1) is 0 Å². The first-order valence-corrected chi connectivity index (χ1v) is 10.6. The van der Waals surface area contributed by atoms with E-state index in [0.717, 1.165) is 32.8 Å². The number of benzene rings is 2. The molecular formula is C20H19ClN2O3S2. The summed E-state index contributed by atoms with van der Waals surface area (Å²) < 4.78 is 11.5. The van der Waals surface area contributed by atoms with Gasteiger partial charge in [-0.2, -0.15) is 0 Å². The Morgan fingerprint density at radius 2 is 1.93 bits per heavy atom. The van der Waals surface area contributed by atoms with Gasteiger partial charge < -0.3 is 14.8 Å². The Labute approximate surface area is 177 Å². The normalized spacial score (nSPS) is 10.5. The van der Waals surface area contributed by atoms with Crippen LogP contribution in [-0.2, 0) is 17.0 Å². The van der Waals surface area contributed by atoms with Crippen molar-refractivity contribution in [2.24, 2.45) is 0 Å². The Morgan fingerprint density at radius 1 is 1.18 bits per heavy atom. The minimum Gasteiger partial charge on any atom is -0.497 e. The van der Waals surface area contributed by atoms with E-state index in [9.17, 15) is 4.79 Å². The van der Waals surface area contributed by atoms with Gasteiger partial charge in [0.25, 0.3) is 0 Å². The summed E-state index contributed by atoms with van der Waals surface area (Å²) >= 11 is 9.08. The van der Waals surface area contributed by atoms with Crippen LogP contribution in [0.3, 0.4) is 0 Å². The van der Waals surface area contributed by atoms with Crippen molar-refractivity contribution in [2.75, 3.05) is 19.5 Å². The average molecular weight is 435 g/mol. The lowest BCUT2D eigenvalue weighted by Crippen LogP contribution is -2.14. The molecule has 0 fully saturated rings. The maximum absolute atomic E-state index is 12.2. The Hall–Kier alpha value is -2.22. The SMILES string of the molecule is COc1cc(CSc2nc(CC(=O)Nc3cccc(Cl)c3)cs2)cc(OC)c1. The van der Waals surface area contributed by atoms with Crippen LogP contribution in [0.2, 0.25) is 5.02 Å². The minimum atomic E-state index is -0.123. The molecule has 0 radical (unpaired) electrons. The highest BCUT2D eigenvalue weighted by atomic mass is 35.5. The van der Waals surface area contributed by atoms with Gasteiger partial charge in [-0.15, -0.1) is 11.3 Å². The first-order chi connectivity index (χ1) is 13.6. The zero-order valence-corrected chi connectivity index (χ0v) is 17.8. The third-order valence-electron chi connectivity index (χ3n) is 3.75. The molecule has 5 nitrogen and oxygen atoms in total. The lowest BCUT2D eigenvalue weighted by molar-refractivity contribution is -0.115. The molecule has 0 unspecified atom stereocenters. The highest BCUT2D eigenvalue weighted by Crippen LogP contribution is 2.30. The summed E-state index contributed by atoms with van der Waals surface area (Å²) in [5, 5.41) is 5.32. The van der Waals surface area contributed by atoms with Crippen LogP contribution >= 0.6 is 34.7 Å². The van der Waals surface area contributed by atoms with E-state index in [1.54, 1.807) is 50.2 Å². The van der Waals surface area contributed by atoms with Crippen LogP contribution in [-0.4, -0.2) is 25.1 Å². The molecule has 0 aliphatic carbocycles. The number of anilines is 1. The molecule has 0 aliphatic rings. The Bertz CT molecular complexity index is 940. The lowest BCUT2D eigenvalue weighted by atomic mass is 10.2. The number of methoxy groups -OCH3 is 2. The van der Waals surface area contributed by atoms with E-state index in [2.05, 4.69) is 10.3 Å². The number of thiazole rings is 1. The van der Waals surface area contributed by atoms with E-state index in [4.69, 9.17) is 21.1 Å². The number of hydrogen-bond acceptors (Lipinski definition) is 6. The quantitative estimate of drug-likeness (QED) is 0.488. The van der Waals surface area contributed by atoms with Gasteiger partial charge >= 0.3 is 0 Å². The first kappa shape index (κ1) is 20.5.